The molecular formula is C23H26N4O5. The van der Waals surface area contributed by atoms with E-state index in [1.54, 1.807) is 49.3 Å². The van der Waals surface area contributed by atoms with E-state index in [4.69, 9.17) is 9.47 Å². The minimum atomic E-state index is -0.733. The van der Waals surface area contributed by atoms with Gasteiger partial charge in [-0.3, -0.25) is 14.4 Å². The average molecular weight is 438 g/mol. The maximum absolute atomic E-state index is 13.4. The molecule has 2 aliphatic heterocycles. The highest BCUT2D eigenvalue weighted by atomic mass is 16.5. The number of hydrogen-bond donors (Lipinski definition) is 2. The predicted octanol–water partition coefficient (Wildman–Crippen LogP) is 1.20. The number of carbonyl (C=O) groups excluding carboxylic acids is 3. The van der Waals surface area contributed by atoms with Crippen molar-refractivity contribution >= 4 is 23.4 Å². The van der Waals surface area contributed by atoms with E-state index in [2.05, 4.69) is 10.6 Å². The van der Waals surface area contributed by atoms with Crippen molar-refractivity contribution in [1.29, 1.82) is 0 Å². The second kappa shape index (κ2) is 8.88. The van der Waals surface area contributed by atoms with Crippen LogP contribution in [0.2, 0.25) is 0 Å². The van der Waals surface area contributed by atoms with Gasteiger partial charge in [-0.1, -0.05) is 6.07 Å². The maximum atomic E-state index is 13.4. The molecule has 1 saturated heterocycles. The number of ether oxygens (including phenoxy) is 2. The first-order chi connectivity index (χ1) is 15.5. The molecule has 0 saturated carbocycles. The molecule has 2 heterocycles. The van der Waals surface area contributed by atoms with E-state index < -0.39 is 6.04 Å². The summed E-state index contributed by atoms with van der Waals surface area (Å²) in [5.41, 5.74) is 2.45. The van der Waals surface area contributed by atoms with E-state index in [-0.39, 0.29) is 30.8 Å². The SMILES string of the molecule is CNCC(=O)N1CCN2C(=O)c3cc(-c4ccc(OC)cc4OC)ccc3NC(=O)C2C1. The molecule has 1 atom stereocenters. The summed E-state index contributed by atoms with van der Waals surface area (Å²) >= 11 is 0. The Morgan fingerprint density at radius 1 is 1.09 bits per heavy atom. The van der Waals surface area contributed by atoms with Gasteiger partial charge in [0.15, 0.2) is 0 Å². The molecule has 0 aliphatic carbocycles. The van der Waals surface area contributed by atoms with Gasteiger partial charge in [-0.15, -0.1) is 0 Å². The molecule has 9 nitrogen and oxygen atoms in total. The number of nitrogens with one attached hydrogen (secondary N) is 2. The molecule has 0 bridgehead atoms. The molecule has 2 aromatic rings. The van der Waals surface area contributed by atoms with E-state index in [1.807, 2.05) is 18.2 Å². The monoisotopic (exact) mass is 438 g/mol. The van der Waals surface area contributed by atoms with Gasteiger partial charge in [-0.05, 0) is 36.9 Å². The lowest BCUT2D eigenvalue weighted by molar-refractivity contribution is -0.134. The van der Waals surface area contributed by atoms with Crippen molar-refractivity contribution in [2.24, 2.45) is 0 Å². The van der Waals surface area contributed by atoms with E-state index in [1.165, 1.54) is 0 Å². The molecular weight excluding hydrogens is 412 g/mol. The number of rotatable bonds is 5. The molecule has 0 spiro atoms. The molecule has 1 unspecified atom stereocenters. The Morgan fingerprint density at radius 3 is 2.62 bits per heavy atom. The van der Waals surface area contributed by atoms with Crippen molar-refractivity contribution < 1.29 is 23.9 Å². The predicted molar refractivity (Wildman–Crippen MR) is 119 cm³/mol. The van der Waals surface area contributed by atoms with Crippen LogP contribution in [-0.2, 0) is 9.59 Å². The number of carbonyl (C=O) groups is 3. The van der Waals surface area contributed by atoms with Gasteiger partial charge in [0.1, 0.15) is 17.5 Å². The molecule has 0 radical (unpaired) electrons. The van der Waals surface area contributed by atoms with Gasteiger partial charge in [-0.25, -0.2) is 0 Å². The summed E-state index contributed by atoms with van der Waals surface area (Å²) in [6.45, 7) is 1.04. The van der Waals surface area contributed by atoms with Crippen LogP contribution in [-0.4, -0.2) is 81.0 Å². The van der Waals surface area contributed by atoms with Gasteiger partial charge >= 0.3 is 0 Å². The van der Waals surface area contributed by atoms with Crippen molar-refractivity contribution in [2.75, 3.05) is 52.8 Å². The van der Waals surface area contributed by atoms with Crippen LogP contribution in [0.3, 0.4) is 0 Å². The lowest BCUT2D eigenvalue weighted by atomic mass is 10.00. The largest absolute Gasteiger partial charge is 0.497 e. The van der Waals surface area contributed by atoms with Crippen LogP contribution >= 0.6 is 0 Å². The lowest BCUT2D eigenvalue weighted by Gasteiger charge is -2.39. The quantitative estimate of drug-likeness (QED) is 0.728. The Labute approximate surface area is 186 Å². The fourth-order valence-corrected chi connectivity index (χ4v) is 4.15. The Morgan fingerprint density at radius 2 is 1.91 bits per heavy atom. The van der Waals surface area contributed by atoms with Crippen LogP contribution in [0.1, 0.15) is 10.4 Å². The van der Waals surface area contributed by atoms with E-state index >= 15 is 0 Å². The smallest absolute Gasteiger partial charge is 0.256 e. The Hall–Kier alpha value is -3.59. The normalized spacial score (nSPS) is 17.8. The molecule has 9 heteroatoms. The van der Waals surface area contributed by atoms with Crippen molar-refractivity contribution in [1.82, 2.24) is 15.1 Å². The zero-order valence-corrected chi connectivity index (χ0v) is 18.3. The summed E-state index contributed by atoms with van der Waals surface area (Å²) in [6, 6.07) is 10.1. The molecule has 4 rings (SSSR count). The summed E-state index contributed by atoms with van der Waals surface area (Å²) in [4.78, 5) is 41.8. The number of benzene rings is 2. The summed E-state index contributed by atoms with van der Waals surface area (Å²) in [5.74, 6) is 0.649. The Kier molecular flexibility index (Phi) is 6.00. The van der Waals surface area contributed by atoms with Crippen molar-refractivity contribution in [3.63, 3.8) is 0 Å². The molecule has 2 N–H and O–H groups in total. The van der Waals surface area contributed by atoms with Crippen LogP contribution in [0.25, 0.3) is 11.1 Å². The van der Waals surface area contributed by atoms with Gasteiger partial charge in [0, 0.05) is 24.7 Å². The summed E-state index contributed by atoms with van der Waals surface area (Å²) in [7, 11) is 4.86. The van der Waals surface area contributed by atoms with Crippen LogP contribution < -0.4 is 20.1 Å². The first-order valence-corrected chi connectivity index (χ1v) is 10.4. The van der Waals surface area contributed by atoms with Crippen LogP contribution in [0.4, 0.5) is 5.69 Å². The van der Waals surface area contributed by atoms with Crippen molar-refractivity contribution in [3.8, 4) is 22.6 Å². The summed E-state index contributed by atoms with van der Waals surface area (Å²) in [5, 5.41) is 5.69. The topological polar surface area (TPSA) is 100 Å². The molecule has 0 aromatic heterocycles. The molecule has 168 valence electrons. The van der Waals surface area contributed by atoms with Gasteiger partial charge in [-0.2, -0.15) is 0 Å². The molecule has 32 heavy (non-hydrogen) atoms. The van der Waals surface area contributed by atoms with Crippen LogP contribution in [0.15, 0.2) is 36.4 Å². The van der Waals surface area contributed by atoms with Crippen molar-refractivity contribution in [3.05, 3.63) is 42.0 Å². The van der Waals surface area contributed by atoms with E-state index in [0.717, 1.165) is 11.1 Å². The number of likely N-dealkylation sites (N-methyl/N-ethyl adjacent to an activating group) is 1. The molecule has 2 aliphatic rings. The van der Waals surface area contributed by atoms with Crippen molar-refractivity contribution in [2.45, 2.75) is 6.04 Å². The third-order valence-electron chi connectivity index (χ3n) is 5.85. The fraction of sp³-hybridized carbons (Fsp3) is 0.348. The minimum Gasteiger partial charge on any atom is -0.497 e. The van der Waals surface area contributed by atoms with Crippen LogP contribution in [0.5, 0.6) is 11.5 Å². The zero-order valence-electron chi connectivity index (χ0n) is 18.3. The van der Waals surface area contributed by atoms with Gasteiger partial charge in [0.25, 0.3) is 5.91 Å². The summed E-state index contributed by atoms with van der Waals surface area (Å²) in [6.07, 6.45) is 0. The van der Waals surface area contributed by atoms with Gasteiger partial charge in [0.2, 0.25) is 11.8 Å². The van der Waals surface area contributed by atoms with Crippen LogP contribution in [0, 0.1) is 0 Å². The third-order valence-corrected chi connectivity index (χ3v) is 5.85. The first-order valence-electron chi connectivity index (χ1n) is 10.4. The number of fused-ring (bicyclic) bond motifs is 2. The molecule has 1 fully saturated rings. The van der Waals surface area contributed by atoms with E-state index in [0.29, 0.717) is 35.8 Å². The number of amides is 3. The number of nitrogens with zero attached hydrogens (tertiary/aromatic N) is 2. The minimum absolute atomic E-state index is 0.0944. The number of methoxy groups -OCH3 is 2. The average Bonchev–Trinajstić information content (AvgIpc) is 2.92. The maximum Gasteiger partial charge on any atom is 0.256 e. The fourth-order valence-electron chi connectivity index (χ4n) is 4.15. The third kappa shape index (κ3) is 3.87. The van der Waals surface area contributed by atoms with Gasteiger partial charge in [0.05, 0.1) is 38.6 Å². The Bertz CT molecular complexity index is 1070. The first kappa shape index (κ1) is 21.6. The van der Waals surface area contributed by atoms with E-state index in [9.17, 15) is 14.4 Å². The lowest BCUT2D eigenvalue weighted by Crippen LogP contribution is -2.60. The number of piperazine rings is 1. The Balaban J connectivity index is 1.67. The molecule has 3 amide bonds. The second-order valence-corrected chi connectivity index (χ2v) is 7.70. The van der Waals surface area contributed by atoms with Gasteiger partial charge < -0.3 is 29.9 Å². The standard InChI is InChI=1S/C23H26N4O5/c1-24-12-21(28)26-8-9-27-19(13-26)22(29)25-18-7-4-14(10-17(18)23(27)30)16-6-5-15(31-2)11-20(16)32-3/h4-7,10-11,19,24H,8-9,12-13H2,1-3H3,(H,25,29). The highest BCUT2D eigenvalue weighted by Crippen LogP contribution is 2.36. The molecule has 2 aromatic carbocycles. The summed E-state index contributed by atoms with van der Waals surface area (Å²) < 4.78 is 10.8. The number of hydrogen-bond acceptors (Lipinski definition) is 6. The zero-order chi connectivity index (χ0) is 22.8. The second-order valence-electron chi connectivity index (χ2n) is 7.70. The number of anilines is 1. The highest BCUT2D eigenvalue weighted by Gasteiger charge is 2.40. The highest BCUT2D eigenvalue weighted by molar-refractivity contribution is 6.11.